The first-order valence-electron chi connectivity index (χ1n) is 11.6. The summed E-state index contributed by atoms with van der Waals surface area (Å²) in [6.07, 6.45) is 2.24. The van der Waals surface area contributed by atoms with E-state index in [1.54, 1.807) is 31.4 Å². The van der Waals surface area contributed by atoms with Gasteiger partial charge in [-0.2, -0.15) is 5.26 Å². The van der Waals surface area contributed by atoms with Crippen LogP contribution in [0.2, 0.25) is 0 Å². The van der Waals surface area contributed by atoms with Gasteiger partial charge in [0.2, 0.25) is 0 Å². The summed E-state index contributed by atoms with van der Waals surface area (Å²) in [4.78, 5) is 17.1. The van der Waals surface area contributed by atoms with Crippen LogP contribution in [-0.4, -0.2) is 31.2 Å². The number of thiazole rings is 1. The van der Waals surface area contributed by atoms with Crippen molar-refractivity contribution >= 4 is 28.5 Å². The van der Waals surface area contributed by atoms with Gasteiger partial charge in [0.15, 0.2) is 5.13 Å². The fourth-order valence-electron chi connectivity index (χ4n) is 3.34. The Kier molecular flexibility index (Phi) is 8.89. The summed E-state index contributed by atoms with van der Waals surface area (Å²) in [5.41, 5.74) is 2.43. The van der Waals surface area contributed by atoms with Crippen LogP contribution in [0.25, 0.3) is 17.3 Å². The van der Waals surface area contributed by atoms with E-state index in [1.807, 2.05) is 66.0 Å². The standard InChI is InChI=1S/C29H25N3O4S/c1-34-25-9-5-10-26(18-25)36-16-6-15-35-24-13-11-21(12-14-24)17-23(19-30)28(33)32-29-31-27(20-37-29)22-7-3-2-4-8-22/h2-5,7-14,17-18,20H,6,15-16H2,1H3,(H,31,32,33). The first-order chi connectivity index (χ1) is 18.1. The SMILES string of the molecule is COc1cccc(OCCCOc2ccc(C=C(C#N)C(=O)Nc3nc(-c4ccccc4)cs3)cc2)c1. The van der Waals surface area contributed by atoms with E-state index >= 15 is 0 Å². The zero-order chi connectivity index (χ0) is 25.9. The van der Waals surface area contributed by atoms with E-state index in [0.717, 1.165) is 22.8 Å². The van der Waals surface area contributed by atoms with Crippen LogP contribution in [0, 0.1) is 11.3 Å². The summed E-state index contributed by atoms with van der Waals surface area (Å²) >= 11 is 1.31. The molecule has 3 aromatic carbocycles. The first-order valence-corrected chi connectivity index (χ1v) is 12.5. The van der Waals surface area contributed by atoms with E-state index in [0.29, 0.717) is 36.1 Å². The topological polar surface area (TPSA) is 93.5 Å². The van der Waals surface area contributed by atoms with Gasteiger partial charge in [0.1, 0.15) is 28.9 Å². The number of hydrogen-bond acceptors (Lipinski definition) is 7. The molecule has 0 unspecified atom stereocenters. The smallest absolute Gasteiger partial charge is 0.268 e. The largest absolute Gasteiger partial charge is 0.497 e. The van der Waals surface area contributed by atoms with Crippen LogP contribution in [0.3, 0.4) is 0 Å². The molecule has 0 aliphatic rings. The van der Waals surface area contributed by atoms with Crippen molar-refractivity contribution in [3.63, 3.8) is 0 Å². The summed E-state index contributed by atoms with van der Waals surface area (Å²) in [5.74, 6) is 1.69. The molecule has 0 aliphatic carbocycles. The average Bonchev–Trinajstić information content (AvgIpc) is 3.41. The number of amides is 1. The molecule has 0 spiro atoms. The lowest BCUT2D eigenvalue weighted by Gasteiger charge is -2.09. The second kappa shape index (κ2) is 12.9. The Labute approximate surface area is 219 Å². The number of nitrogens with zero attached hydrogens (tertiary/aromatic N) is 2. The Hall–Kier alpha value is -4.61. The second-order valence-electron chi connectivity index (χ2n) is 7.83. The molecule has 7 nitrogen and oxygen atoms in total. The van der Waals surface area contributed by atoms with E-state index in [9.17, 15) is 10.1 Å². The fourth-order valence-corrected chi connectivity index (χ4v) is 4.06. The first kappa shape index (κ1) is 25.5. The van der Waals surface area contributed by atoms with Crippen molar-refractivity contribution in [2.45, 2.75) is 6.42 Å². The van der Waals surface area contributed by atoms with Crippen LogP contribution in [0.4, 0.5) is 5.13 Å². The van der Waals surface area contributed by atoms with E-state index in [2.05, 4.69) is 10.3 Å². The van der Waals surface area contributed by atoms with Crippen LogP contribution in [0.5, 0.6) is 17.2 Å². The van der Waals surface area contributed by atoms with Crippen LogP contribution < -0.4 is 19.5 Å². The highest BCUT2D eigenvalue weighted by Gasteiger charge is 2.12. The van der Waals surface area contributed by atoms with E-state index in [4.69, 9.17) is 14.2 Å². The third-order valence-corrected chi connectivity index (χ3v) is 5.98. The van der Waals surface area contributed by atoms with Crippen LogP contribution in [0.15, 0.2) is 89.8 Å². The Morgan fingerprint density at radius 3 is 2.43 bits per heavy atom. The van der Waals surface area contributed by atoms with Gasteiger partial charge in [-0.05, 0) is 35.9 Å². The third-order valence-electron chi connectivity index (χ3n) is 5.22. The molecular weight excluding hydrogens is 486 g/mol. The Balaban J connectivity index is 1.26. The minimum Gasteiger partial charge on any atom is -0.497 e. The van der Waals surface area contributed by atoms with Crippen LogP contribution in [-0.2, 0) is 4.79 Å². The second-order valence-corrected chi connectivity index (χ2v) is 8.68. The molecule has 1 amide bonds. The monoisotopic (exact) mass is 511 g/mol. The van der Waals surface area contributed by atoms with Gasteiger partial charge in [-0.1, -0.05) is 48.5 Å². The minimum absolute atomic E-state index is 0.0141. The number of ether oxygens (including phenoxy) is 3. The number of benzene rings is 3. The molecule has 1 aromatic heterocycles. The van der Waals surface area contributed by atoms with Gasteiger partial charge in [-0.15, -0.1) is 11.3 Å². The highest BCUT2D eigenvalue weighted by molar-refractivity contribution is 7.14. The van der Waals surface area contributed by atoms with Gasteiger partial charge >= 0.3 is 0 Å². The molecule has 0 saturated heterocycles. The van der Waals surface area contributed by atoms with Gasteiger partial charge in [-0.25, -0.2) is 4.98 Å². The molecule has 8 heteroatoms. The van der Waals surface area contributed by atoms with E-state index in [1.165, 1.54) is 17.4 Å². The summed E-state index contributed by atoms with van der Waals surface area (Å²) in [6, 6.07) is 26.3. The zero-order valence-corrected chi connectivity index (χ0v) is 21.0. The number of rotatable bonds is 11. The predicted octanol–water partition coefficient (Wildman–Crippen LogP) is 6.21. The number of aromatic nitrogens is 1. The fraction of sp³-hybridized carbons (Fsp3) is 0.138. The van der Waals surface area contributed by atoms with Crippen molar-refractivity contribution in [3.05, 3.63) is 95.4 Å². The Morgan fingerprint density at radius 1 is 0.973 bits per heavy atom. The third kappa shape index (κ3) is 7.43. The molecule has 0 bridgehead atoms. The van der Waals surface area contributed by atoms with Crippen molar-refractivity contribution < 1.29 is 19.0 Å². The van der Waals surface area contributed by atoms with Crippen LogP contribution >= 0.6 is 11.3 Å². The van der Waals surface area contributed by atoms with Gasteiger partial charge < -0.3 is 14.2 Å². The molecule has 4 aromatic rings. The van der Waals surface area contributed by atoms with E-state index < -0.39 is 5.91 Å². The number of nitrogens with one attached hydrogen (secondary N) is 1. The summed E-state index contributed by atoms with van der Waals surface area (Å²) in [7, 11) is 1.62. The molecular formula is C29H25N3O4S. The molecule has 4 rings (SSSR count). The van der Waals surface area contributed by atoms with E-state index in [-0.39, 0.29) is 5.57 Å². The number of methoxy groups -OCH3 is 1. The van der Waals surface area contributed by atoms with Crippen molar-refractivity contribution in [3.8, 4) is 34.6 Å². The Bertz CT molecular complexity index is 1390. The van der Waals surface area contributed by atoms with Gasteiger partial charge in [0.05, 0.1) is 26.0 Å². The summed E-state index contributed by atoms with van der Waals surface area (Å²) < 4.78 is 16.7. The highest BCUT2D eigenvalue weighted by Crippen LogP contribution is 2.25. The lowest BCUT2D eigenvalue weighted by molar-refractivity contribution is -0.112. The van der Waals surface area contributed by atoms with Gasteiger partial charge in [0.25, 0.3) is 5.91 Å². The van der Waals surface area contributed by atoms with Crippen molar-refractivity contribution in [1.82, 2.24) is 4.98 Å². The maximum absolute atomic E-state index is 12.6. The van der Waals surface area contributed by atoms with Crippen LogP contribution in [0.1, 0.15) is 12.0 Å². The summed E-state index contributed by atoms with van der Waals surface area (Å²) in [5, 5.41) is 14.5. The van der Waals surface area contributed by atoms with Crippen molar-refractivity contribution in [2.75, 3.05) is 25.6 Å². The van der Waals surface area contributed by atoms with Crippen molar-refractivity contribution in [2.24, 2.45) is 0 Å². The molecule has 0 aliphatic heterocycles. The Morgan fingerprint density at radius 2 is 1.70 bits per heavy atom. The highest BCUT2D eigenvalue weighted by atomic mass is 32.1. The number of carbonyl (C=O) groups excluding carboxylic acids is 1. The normalized spacial score (nSPS) is 10.9. The van der Waals surface area contributed by atoms with Gasteiger partial charge in [0, 0.05) is 23.4 Å². The number of carbonyl (C=O) groups is 1. The predicted molar refractivity (Wildman–Crippen MR) is 145 cm³/mol. The molecule has 0 fully saturated rings. The molecule has 186 valence electrons. The zero-order valence-electron chi connectivity index (χ0n) is 20.2. The molecule has 1 heterocycles. The molecule has 0 radical (unpaired) electrons. The maximum Gasteiger partial charge on any atom is 0.268 e. The number of anilines is 1. The summed E-state index contributed by atoms with van der Waals surface area (Å²) in [6.45, 7) is 1.00. The lowest BCUT2D eigenvalue weighted by atomic mass is 10.1. The van der Waals surface area contributed by atoms with Crippen molar-refractivity contribution in [1.29, 1.82) is 5.26 Å². The van der Waals surface area contributed by atoms with Gasteiger partial charge in [-0.3, -0.25) is 10.1 Å². The number of hydrogen-bond donors (Lipinski definition) is 1. The molecule has 1 N–H and O–H groups in total. The lowest BCUT2D eigenvalue weighted by Crippen LogP contribution is -2.13. The molecule has 0 atom stereocenters. The quantitative estimate of drug-likeness (QED) is 0.146. The average molecular weight is 512 g/mol. The molecule has 0 saturated carbocycles. The molecule has 37 heavy (non-hydrogen) atoms. The number of nitriles is 1. The maximum atomic E-state index is 12.6. The minimum atomic E-state index is -0.507.